The van der Waals surface area contributed by atoms with Gasteiger partial charge in [-0.15, -0.1) is 0 Å². The summed E-state index contributed by atoms with van der Waals surface area (Å²) < 4.78 is 0. The van der Waals surface area contributed by atoms with Crippen LogP contribution in [0.5, 0.6) is 0 Å². The average molecular weight is 594 g/mol. The molecule has 0 radical (unpaired) electrons. The number of hydrogen-bond acceptors (Lipinski definition) is 3. The molecule has 7 aromatic rings. The number of rotatable bonds is 4. The van der Waals surface area contributed by atoms with Crippen molar-refractivity contribution in [2.24, 2.45) is 0 Å². The van der Waals surface area contributed by atoms with E-state index < -0.39 is 0 Å². The Labute approximate surface area is 270 Å². The van der Waals surface area contributed by atoms with Crippen LogP contribution in [0.4, 0.5) is 0 Å². The minimum absolute atomic E-state index is 0.0665. The maximum absolute atomic E-state index is 5.12. The zero-order chi connectivity index (χ0) is 31.5. The Kier molecular flexibility index (Phi) is 6.47. The summed E-state index contributed by atoms with van der Waals surface area (Å²) in [5.41, 5.74) is 10.4. The molecule has 3 nitrogen and oxygen atoms in total. The molecule has 0 spiro atoms. The summed E-state index contributed by atoms with van der Waals surface area (Å²) in [5, 5.41) is 2.35. The van der Waals surface area contributed by atoms with Crippen LogP contribution in [0.25, 0.3) is 67.2 Å². The van der Waals surface area contributed by atoms with Crippen molar-refractivity contribution in [2.75, 3.05) is 0 Å². The van der Waals surface area contributed by atoms with E-state index >= 15 is 0 Å². The predicted octanol–water partition coefficient (Wildman–Crippen LogP) is 10.9. The molecular formula is C43H35N3. The minimum Gasteiger partial charge on any atom is -0.208 e. The smallest absolute Gasteiger partial charge is 0.164 e. The molecule has 1 aliphatic carbocycles. The Bertz CT molecular complexity index is 2250. The molecule has 6 aromatic carbocycles. The van der Waals surface area contributed by atoms with Crippen molar-refractivity contribution in [1.29, 1.82) is 0 Å². The van der Waals surface area contributed by atoms with Crippen LogP contribution in [-0.2, 0) is 10.8 Å². The summed E-state index contributed by atoms with van der Waals surface area (Å²) >= 11 is 0. The number of fused-ring (bicyclic) bond motifs is 4. The Balaban J connectivity index is 1.33. The fraction of sp³-hybridized carbons (Fsp3) is 0.140. The lowest BCUT2D eigenvalue weighted by atomic mass is 9.55. The molecule has 0 aliphatic heterocycles. The standard InChI is InChI=1S/C43H35N3/c1-42(2)37-23-21-32(28-13-7-5-8-14-28)26-35(37)36-27-34(22-24-38(36)43(42,3)4)41-45-39(30-16-9-6-10-17-30)44-40(46-41)33-20-19-29-15-11-12-18-31(29)25-33/h5-27H,1-4H3. The number of nitrogens with zero attached hydrogens (tertiary/aromatic N) is 3. The van der Waals surface area contributed by atoms with Crippen molar-refractivity contribution in [3.05, 3.63) is 151 Å². The van der Waals surface area contributed by atoms with Crippen LogP contribution in [-0.4, -0.2) is 15.0 Å². The Morgan fingerprint density at radius 2 is 0.783 bits per heavy atom. The topological polar surface area (TPSA) is 38.7 Å². The molecule has 0 N–H and O–H groups in total. The van der Waals surface area contributed by atoms with Gasteiger partial charge in [0.05, 0.1) is 0 Å². The molecule has 0 bridgehead atoms. The van der Waals surface area contributed by atoms with Gasteiger partial charge in [0, 0.05) is 16.7 Å². The van der Waals surface area contributed by atoms with Gasteiger partial charge in [-0.2, -0.15) is 0 Å². The molecule has 8 rings (SSSR count). The van der Waals surface area contributed by atoms with Gasteiger partial charge in [0.25, 0.3) is 0 Å². The third-order valence-electron chi connectivity index (χ3n) is 10.3. The van der Waals surface area contributed by atoms with Gasteiger partial charge in [0.1, 0.15) is 0 Å². The van der Waals surface area contributed by atoms with E-state index in [0.717, 1.165) is 22.1 Å². The summed E-state index contributed by atoms with van der Waals surface area (Å²) in [6.45, 7) is 9.49. The quantitative estimate of drug-likeness (QED) is 0.204. The lowest BCUT2D eigenvalue weighted by Crippen LogP contribution is -2.43. The van der Waals surface area contributed by atoms with Gasteiger partial charge in [-0.05, 0) is 73.2 Å². The number of benzene rings is 6. The third kappa shape index (κ3) is 4.54. The fourth-order valence-corrected chi connectivity index (χ4v) is 6.93. The summed E-state index contributed by atoms with van der Waals surface area (Å²) in [6.07, 6.45) is 0. The second-order valence-corrected chi connectivity index (χ2v) is 13.4. The summed E-state index contributed by atoms with van der Waals surface area (Å²) in [4.78, 5) is 15.2. The van der Waals surface area contributed by atoms with Crippen molar-refractivity contribution < 1.29 is 0 Å². The average Bonchev–Trinajstić information content (AvgIpc) is 3.11. The van der Waals surface area contributed by atoms with E-state index in [2.05, 4.69) is 149 Å². The molecule has 1 aromatic heterocycles. The van der Waals surface area contributed by atoms with E-state index in [1.807, 2.05) is 18.2 Å². The maximum Gasteiger partial charge on any atom is 0.164 e. The molecule has 46 heavy (non-hydrogen) atoms. The lowest BCUT2D eigenvalue weighted by Gasteiger charge is -2.48. The van der Waals surface area contributed by atoms with E-state index in [-0.39, 0.29) is 10.8 Å². The first-order chi connectivity index (χ1) is 22.3. The van der Waals surface area contributed by atoms with Crippen LogP contribution in [0.1, 0.15) is 38.8 Å². The van der Waals surface area contributed by atoms with Crippen LogP contribution in [0.2, 0.25) is 0 Å². The summed E-state index contributed by atoms with van der Waals surface area (Å²) in [6, 6.07) is 49.4. The molecule has 0 unspecified atom stereocenters. The Hall–Kier alpha value is -5.41. The normalized spacial score (nSPS) is 14.4. The second-order valence-electron chi connectivity index (χ2n) is 13.4. The van der Waals surface area contributed by atoms with Crippen molar-refractivity contribution in [3.8, 4) is 56.4 Å². The molecule has 1 aliphatic rings. The van der Waals surface area contributed by atoms with Crippen molar-refractivity contribution in [3.63, 3.8) is 0 Å². The molecule has 0 saturated heterocycles. The lowest BCUT2D eigenvalue weighted by molar-refractivity contribution is 0.299. The molecule has 222 valence electrons. The van der Waals surface area contributed by atoms with Crippen LogP contribution in [0.15, 0.2) is 140 Å². The zero-order valence-corrected chi connectivity index (χ0v) is 26.6. The molecule has 0 atom stereocenters. The van der Waals surface area contributed by atoms with Gasteiger partial charge in [-0.1, -0.05) is 149 Å². The van der Waals surface area contributed by atoms with E-state index in [1.54, 1.807) is 0 Å². The van der Waals surface area contributed by atoms with Gasteiger partial charge in [-0.3, -0.25) is 0 Å². The fourth-order valence-electron chi connectivity index (χ4n) is 6.93. The SMILES string of the molecule is CC1(C)c2ccc(-c3ccccc3)cc2-c2cc(-c3nc(-c4ccccc4)nc(-c4ccc5ccccc5c4)n3)ccc2C1(C)C. The van der Waals surface area contributed by atoms with Crippen LogP contribution in [0, 0.1) is 0 Å². The largest absolute Gasteiger partial charge is 0.208 e. The summed E-state index contributed by atoms with van der Waals surface area (Å²) in [7, 11) is 0. The van der Waals surface area contributed by atoms with Crippen LogP contribution in [0.3, 0.4) is 0 Å². The first-order valence-corrected chi connectivity index (χ1v) is 16.0. The molecule has 0 fully saturated rings. The van der Waals surface area contributed by atoms with Crippen molar-refractivity contribution in [1.82, 2.24) is 15.0 Å². The first kappa shape index (κ1) is 28.1. The Morgan fingerprint density at radius 3 is 1.39 bits per heavy atom. The minimum atomic E-state index is -0.0906. The van der Waals surface area contributed by atoms with Crippen molar-refractivity contribution in [2.45, 2.75) is 38.5 Å². The second kappa shape index (κ2) is 10.6. The highest BCUT2D eigenvalue weighted by molar-refractivity contribution is 5.87. The van der Waals surface area contributed by atoms with E-state index in [1.165, 1.54) is 38.8 Å². The van der Waals surface area contributed by atoms with Crippen LogP contribution >= 0.6 is 0 Å². The summed E-state index contributed by atoms with van der Waals surface area (Å²) in [5.74, 6) is 2.00. The molecular weight excluding hydrogens is 558 g/mol. The van der Waals surface area contributed by atoms with Crippen LogP contribution < -0.4 is 0 Å². The highest BCUT2D eigenvalue weighted by atomic mass is 15.0. The van der Waals surface area contributed by atoms with Gasteiger partial charge in [-0.25, -0.2) is 15.0 Å². The van der Waals surface area contributed by atoms with Gasteiger partial charge in [0.15, 0.2) is 17.5 Å². The highest BCUT2D eigenvalue weighted by Crippen LogP contribution is 2.54. The third-order valence-corrected chi connectivity index (χ3v) is 10.3. The predicted molar refractivity (Wildman–Crippen MR) is 191 cm³/mol. The maximum atomic E-state index is 5.12. The first-order valence-electron chi connectivity index (χ1n) is 16.0. The molecule has 1 heterocycles. The number of hydrogen-bond donors (Lipinski definition) is 0. The van der Waals surface area contributed by atoms with Crippen molar-refractivity contribution >= 4 is 10.8 Å². The monoisotopic (exact) mass is 593 g/mol. The van der Waals surface area contributed by atoms with E-state index in [4.69, 9.17) is 15.0 Å². The van der Waals surface area contributed by atoms with E-state index in [9.17, 15) is 0 Å². The van der Waals surface area contributed by atoms with Gasteiger partial charge >= 0.3 is 0 Å². The number of aromatic nitrogens is 3. The van der Waals surface area contributed by atoms with Gasteiger partial charge in [0.2, 0.25) is 0 Å². The van der Waals surface area contributed by atoms with E-state index in [0.29, 0.717) is 17.5 Å². The molecule has 3 heteroatoms. The molecule has 0 saturated carbocycles. The zero-order valence-electron chi connectivity index (χ0n) is 26.6. The Morgan fingerprint density at radius 1 is 0.348 bits per heavy atom. The van der Waals surface area contributed by atoms with Gasteiger partial charge < -0.3 is 0 Å². The highest BCUT2D eigenvalue weighted by Gasteiger charge is 2.46. The molecule has 0 amide bonds.